The van der Waals surface area contributed by atoms with E-state index in [0.717, 1.165) is 32.2 Å². The number of aromatic hydroxyl groups is 1. The predicted molar refractivity (Wildman–Crippen MR) is 185 cm³/mol. The minimum Gasteiger partial charge on any atom is -0.506 e. The van der Waals surface area contributed by atoms with Gasteiger partial charge in [-0.25, -0.2) is 18.0 Å². The zero-order valence-corrected chi connectivity index (χ0v) is 28.9. The van der Waals surface area contributed by atoms with Gasteiger partial charge in [-0.2, -0.15) is 9.97 Å². The summed E-state index contributed by atoms with van der Waals surface area (Å²) in [6, 6.07) is 8.80. The fraction of sp³-hybridized carbons (Fsp3) is 0.486. The monoisotopic (exact) mass is 709 g/mol. The number of nitrogens with zero attached hydrogens (tertiary/aromatic N) is 5. The number of phenolic OH excluding ortho intramolecular Hbond substituents is 1. The van der Waals surface area contributed by atoms with Crippen LogP contribution in [0.3, 0.4) is 0 Å². The first-order valence-electron chi connectivity index (χ1n) is 17.2. The summed E-state index contributed by atoms with van der Waals surface area (Å²) in [5.41, 5.74) is -1.56. The third kappa shape index (κ3) is 5.55. The first kappa shape index (κ1) is 33.1. The lowest BCUT2D eigenvalue weighted by atomic mass is 9.90. The van der Waals surface area contributed by atoms with Gasteiger partial charge in [-0.3, -0.25) is 4.90 Å². The quantitative estimate of drug-likeness (QED) is 0.226. The maximum Gasteiger partial charge on any atom is 0.410 e. The molecule has 4 aromatic rings. The van der Waals surface area contributed by atoms with Crippen LogP contribution in [0.25, 0.3) is 32.8 Å². The van der Waals surface area contributed by atoms with Crippen molar-refractivity contribution in [2.45, 2.75) is 82.3 Å². The number of benzene rings is 3. The highest BCUT2D eigenvalue weighted by atomic mass is 35.5. The highest BCUT2D eigenvalue weighted by Crippen LogP contribution is 2.45. The van der Waals surface area contributed by atoms with Crippen LogP contribution in [0.15, 0.2) is 36.4 Å². The second kappa shape index (κ2) is 12.0. The molecule has 264 valence electrons. The number of anilines is 1. The van der Waals surface area contributed by atoms with Gasteiger partial charge in [0.25, 0.3) is 0 Å². The van der Waals surface area contributed by atoms with Crippen LogP contribution < -0.4 is 9.64 Å². The van der Waals surface area contributed by atoms with Crippen molar-refractivity contribution in [3.8, 4) is 22.9 Å². The summed E-state index contributed by atoms with van der Waals surface area (Å²) in [6.07, 6.45) is 2.14. The summed E-state index contributed by atoms with van der Waals surface area (Å²) in [7, 11) is 0. The van der Waals surface area contributed by atoms with Gasteiger partial charge in [-0.1, -0.05) is 35.9 Å². The number of rotatable bonds is 5. The Morgan fingerprint density at radius 3 is 2.56 bits per heavy atom. The third-order valence-electron chi connectivity index (χ3n) is 10.7. The van der Waals surface area contributed by atoms with Gasteiger partial charge >= 0.3 is 12.1 Å². The molecule has 2 bridgehead atoms. The van der Waals surface area contributed by atoms with Crippen molar-refractivity contribution < 1.29 is 32.5 Å². The van der Waals surface area contributed by atoms with E-state index in [4.69, 9.17) is 26.1 Å². The molecule has 0 aliphatic carbocycles. The molecule has 1 amide bonds. The van der Waals surface area contributed by atoms with Gasteiger partial charge in [0.15, 0.2) is 5.82 Å². The number of hydrogen-bond donors (Lipinski definition) is 1. The van der Waals surface area contributed by atoms with Gasteiger partial charge in [0.1, 0.15) is 41.3 Å². The van der Waals surface area contributed by atoms with Crippen LogP contribution in [0.2, 0.25) is 5.02 Å². The van der Waals surface area contributed by atoms with Crippen LogP contribution in [0, 0.1) is 11.6 Å². The van der Waals surface area contributed by atoms with Gasteiger partial charge in [0.2, 0.25) is 0 Å². The number of piperazine rings is 1. The number of halogens is 4. The SMILES string of the molecule is CC(C)(C)OC(=O)N1CC2CC[C@@H]1CN2c1nc(OC[C@@]23CCCN2C[C@H](F)C3)nc2c(F)c(-c3cc(O)c(Cl)c4ccccc34)c(F)cc12. The van der Waals surface area contributed by atoms with Crippen molar-refractivity contribution in [3.63, 3.8) is 0 Å². The van der Waals surface area contributed by atoms with Crippen molar-refractivity contribution in [1.82, 2.24) is 19.8 Å². The molecule has 1 aromatic heterocycles. The molecule has 4 atom stereocenters. The number of hydrogen-bond acceptors (Lipinski definition) is 8. The fourth-order valence-corrected chi connectivity index (χ4v) is 8.72. The molecule has 5 aliphatic rings. The van der Waals surface area contributed by atoms with Gasteiger partial charge in [0.05, 0.1) is 22.2 Å². The van der Waals surface area contributed by atoms with Gasteiger partial charge in [-0.05, 0) is 76.1 Å². The molecule has 3 aromatic carbocycles. The second-order valence-corrected chi connectivity index (χ2v) is 15.5. The van der Waals surface area contributed by atoms with Crippen molar-refractivity contribution in [2.75, 3.05) is 37.7 Å². The third-order valence-corrected chi connectivity index (χ3v) is 11.1. The van der Waals surface area contributed by atoms with E-state index in [1.54, 1.807) is 29.2 Å². The van der Waals surface area contributed by atoms with Crippen molar-refractivity contribution in [3.05, 3.63) is 53.1 Å². The first-order chi connectivity index (χ1) is 23.8. The van der Waals surface area contributed by atoms with E-state index in [1.165, 1.54) is 12.1 Å². The Balaban J connectivity index is 1.24. The molecule has 5 aliphatic heterocycles. The molecule has 1 N–H and O–H groups in total. The fourth-order valence-electron chi connectivity index (χ4n) is 8.50. The van der Waals surface area contributed by atoms with E-state index in [0.29, 0.717) is 42.6 Å². The molecular weight excluding hydrogens is 671 g/mol. The minimum atomic E-state index is -0.961. The molecule has 0 spiro atoms. The Morgan fingerprint density at radius 1 is 1.06 bits per heavy atom. The molecule has 1 unspecified atom stereocenters. The van der Waals surface area contributed by atoms with Crippen molar-refractivity contribution in [2.24, 2.45) is 0 Å². The lowest BCUT2D eigenvalue weighted by molar-refractivity contribution is 0.000791. The van der Waals surface area contributed by atoms with E-state index in [1.807, 2.05) is 25.7 Å². The Kier molecular flexibility index (Phi) is 7.98. The highest BCUT2D eigenvalue weighted by molar-refractivity contribution is 6.37. The lowest BCUT2D eigenvalue weighted by Gasteiger charge is -2.51. The van der Waals surface area contributed by atoms with Crippen LogP contribution in [0.5, 0.6) is 11.8 Å². The van der Waals surface area contributed by atoms with Crippen LogP contribution in [0.4, 0.5) is 23.8 Å². The van der Waals surface area contributed by atoms with E-state index < -0.39 is 35.0 Å². The number of carbonyl (C=O) groups excluding carboxylic acids is 1. The van der Waals surface area contributed by atoms with E-state index >= 15 is 8.78 Å². The summed E-state index contributed by atoms with van der Waals surface area (Å²) < 4.78 is 59.8. The molecule has 9 rings (SSSR count). The number of aromatic nitrogens is 2. The summed E-state index contributed by atoms with van der Waals surface area (Å²) in [5.74, 6) is -1.82. The predicted octanol–water partition coefficient (Wildman–Crippen LogP) is 7.63. The molecule has 50 heavy (non-hydrogen) atoms. The molecule has 6 heterocycles. The summed E-state index contributed by atoms with van der Waals surface area (Å²) in [6.45, 7) is 7.45. The van der Waals surface area contributed by atoms with Gasteiger partial charge in [-0.15, -0.1) is 0 Å². The largest absolute Gasteiger partial charge is 0.506 e. The number of fused-ring (bicyclic) bond motifs is 6. The Morgan fingerprint density at radius 2 is 1.82 bits per heavy atom. The highest BCUT2D eigenvalue weighted by Gasteiger charge is 2.50. The Labute approximate surface area is 292 Å². The molecule has 0 radical (unpaired) electrons. The van der Waals surface area contributed by atoms with E-state index in [-0.39, 0.29) is 57.5 Å². The molecular formula is C37H39ClF3N5O4. The molecule has 13 heteroatoms. The molecule has 0 saturated carbocycles. The number of amides is 1. The van der Waals surface area contributed by atoms with E-state index in [9.17, 15) is 14.3 Å². The number of alkyl halides is 1. The topological polar surface area (TPSA) is 91.3 Å². The molecule has 9 nitrogen and oxygen atoms in total. The van der Waals surface area contributed by atoms with Crippen LogP contribution in [-0.2, 0) is 4.74 Å². The molecule has 5 saturated heterocycles. The Bertz CT molecular complexity index is 2030. The normalized spacial score (nSPS) is 25.1. The van der Waals surface area contributed by atoms with E-state index in [2.05, 4.69) is 9.88 Å². The number of piperidine rings is 2. The number of ether oxygens (including phenoxy) is 2. The number of carbonyl (C=O) groups is 1. The lowest BCUT2D eigenvalue weighted by Crippen LogP contribution is -2.64. The molecule has 5 fully saturated rings. The van der Waals surface area contributed by atoms with Crippen molar-refractivity contribution >= 4 is 45.2 Å². The van der Waals surface area contributed by atoms with Crippen molar-refractivity contribution in [1.29, 1.82) is 0 Å². The smallest absolute Gasteiger partial charge is 0.410 e. The summed E-state index contributed by atoms with van der Waals surface area (Å²) in [5, 5.41) is 11.8. The average Bonchev–Trinajstić information content (AvgIpc) is 3.61. The van der Waals surface area contributed by atoms with Gasteiger partial charge < -0.3 is 24.4 Å². The first-order valence-corrected chi connectivity index (χ1v) is 17.6. The summed E-state index contributed by atoms with van der Waals surface area (Å²) >= 11 is 6.38. The second-order valence-electron chi connectivity index (χ2n) is 15.1. The van der Waals surface area contributed by atoms with Crippen LogP contribution in [0.1, 0.15) is 52.9 Å². The maximum atomic E-state index is 17.0. The Hall–Kier alpha value is -4.03. The zero-order valence-electron chi connectivity index (χ0n) is 28.2. The zero-order chi connectivity index (χ0) is 35.1. The van der Waals surface area contributed by atoms with Gasteiger partial charge in [0, 0.05) is 42.9 Å². The average molecular weight is 710 g/mol. The van der Waals surface area contributed by atoms with Crippen LogP contribution >= 0.6 is 11.6 Å². The standard InChI is InChI=1S/C37H39ClF3N5O4/c1-36(2,3)50-35(48)46-18-21-9-10-22(46)17-45(21)33-26-13-27(40)29(25-14-28(47)30(38)24-8-5-4-7-23(24)25)31(41)32(26)42-34(43-33)49-19-37-11-6-12-44(37)16-20(39)15-37/h4-5,7-8,13-14,20-22,47H,6,9-12,15-19H2,1-3H3/t20-,21?,22-,37+/m1/s1. The van der Waals surface area contributed by atoms with Crippen LogP contribution in [-0.4, -0.2) is 93.1 Å². The summed E-state index contributed by atoms with van der Waals surface area (Å²) in [4.78, 5) is 28.3. The number of phenols is 1. The maximum absolute atomic E-state index is 17.0. The minimum absolute atomic E-state index is 0.0783.